The van der Waals surface area contributed by atoms with Gasteiger partial charge < -0.3 is 10.5 Å². The zero-order chi connectivity index (χ0) is 14.9. The van der Waals surface area contributed by atoms with Gasteiger partial charge in [-0.25, -0.2) is 4.98 Å². The van der Waals surface area contributed by atoms with E-state index >= 15 is 0 Å². The minimum absolute atomic E-state index is 0.0879. The third-order valence-corrected chi connectivity index (χ3v) is 3.38. The van der Waals surface area contributed by atoms with E-state index in [4.69, 9.17) is 33.7 Å². The molecule has 1 aromatic heterocycles. The first-order valence-electron chi connectivity index (χ1n) is 6.14. The molecule has 0 aliphatic carbocycles. The highest BCUT2D eigenvalue weighted by Crippen LogP contribution is 2.34. The lowest BCUT2D eigenvalue weighted by Crippen LogP contribution is -1.99. The molecule has 0 unspecified atom stereocenters. The molecular weight excluding hydrogens is 297 g/mol. The Labute approximate surface area is 127 Å². The van der Waals surface area contributed by atoms with E-state index in [1.54, 1.807) is 0 Å². The SMILES string of the molecule is Cc1cc(Cl)c(C(C)C)cc1Oc1nc(Cl)ncc1N. The number of benzene rings is 1. The van der Waals surface area contributed by atoms with Crippen molar-refractivity contribution in [3.8, 4) is 11.6 Å². The monoisotopic (exact) mass is 311 g/mol. The van der Waals surface area contributed by atoms with Crippen LogP contribution in [-0.2, 0) is 0 Å². The number of ether oxygens (including phenoxy) is 1. The number of nitrogen functional groups attached to an aromatic ring is 1. The smallest absolute Gasteiger partial charge is 0.247 e. The van der Waals surface area contributed by atoms with Crippen molar-refractivity contribution in [3.63, 3.8) is 0 Å². The van der Waals surface area contributed by atoms with Crippen LogP contribution in [0.1, 0.15) is 30.9 Å². The molecule has 0 saturated carbocycles. The van der Waals surface area contributed by atoms with Crippen LogP contribution in [0.2, 0.25) is 10.3 Å². The quantitative estimate of drug-likeness (QED) is 0.842. The maximum Gasteiger partial charge on any atom is 0.247 e. The van der Waals surface area contributed by atoms with Crippen molar-refractivity contribution in [1.82, 2.24) is 9.97 Å². The van der Waals surface area contributed by atoms with Crippen LogP contribution in [0, 0.1) is 6.92 Å². The molecule has 0 amide bonds. The van der Waals surface area contributed by atoms with Gasteiger partial charge in [-0.15, -0.1) is 0 Å². The molecule has 106 valence electrons. The number of hydrogen-bond acceptors (Lipinski definition) is 4. The van der Waals surface area contributed by atoms with Crippen LogP contribution in [-0.4, -0.2) is 9.97 Å². The summed E-state index contributed by atoms with van der Waals surface area (Å²) in [6.45, 7) is 6.04. The summed E-state index contributed by atoms with van der Waals surface area (Å²) in [5, 5.41) is 0.809. The molecule has 0 bridgehead atoms. The largest absolute Gasteiger partial charge is 0.437 e. The van der Waals surface area contributed by atoms with Crippen LogP contribution in [0.25, 0.3) is 0 Å². The van der Waals surface area contributed by atoms with Crippen LogP contribution in [0.3, 0.4) is 0 Å². The lowest BCUT2D eigenvalue weighted by molar-refractivity contribution is 0.460. The lowest BCUT2D eigenvalue weighted by Gasteiger charge is -2.14. The first kappa shape index (κ1) is 14.9. The highest BCUT2D eigenvalue weighted by Gasteiger charge is 2.13. The third-order valence-electron chi connectivity index (χ3n) is 2.87. The van der Waals surface area contributed by atoms with Gasteiger partial charge in [-0.1, -0.05) is 25.4 Å². The molecular formula is C14H15Cl2N3O. The zero-order valence-electron chi connectivity index (χ0n) is 11.4. The molecule has 1 aromatic carbocycles. The van der Waals surface area contributed by atoms with Gasteiger partial charge in [0, 0.05) is 5.02 Å². The number of nitrogens with two attached hydrogens (primary N) is 1. The van der Waals surface area contributed by atoms with Crippen molar-refractivity contribution in [3.05, 3.63) is 39.8 Å². The van der Waals surface area contributed by atoms with Crippen molar-refractivity contribution in [2.45, 2.75) is 26.7 Å². The molecule has 2 N–H and O–H groups in total. The van der Waals surface area contributed by atoms with E-state index < -0.39 is 0 Å². The Bertz CT molecular complexity index is 645. The Hall–Kier alpha value is -1.52. The summed E-state index contributed by atoms with van der Waals surface area (Å²) < 4.78 is 5.75. The molecule has 2 aromatic rings. The molecule has 1 heterocycles. The molecule has 2 rings (SSSR count). The zero-order valence-corrected chi connectivity index (χ0v) is 13.0. The Morgan fingerprint density at radius 1 is 1.25 bits per heavy atom. The van der Waals surface area contributed by atoms with E-state index in [9.17, 15) is 0 Å². The molecule has 0 atom stereocenters. The van der Waals surface area contributed by atoms with Crippen LogP contribution in [0.4, 0.5) is 5.69 Å². The Kier molecular flexibility index (Phi) is 4.35. The molecule has 4 nitrogen and oxygen atoms in total. The second-order valence-corrected chi connectivity index (χ2v) is 5.54. The lowest BCUT2D eigenvalue weighted by atomic mass is 10.0. The summed E-state index contributed by atoms with van der Waals surface area (Å²) in [6, 6.07) is 3.77. The number of anilines is 1. The molecule has 0 aliphatic heterocycles. The molecule has 0 radical (unpaired) electrons. The average molecular weight is 312 g/mol. The van der Waals surface area contributed by atoms with Crippen LogP contribution in [0.5, 0.6) is 11.6 Å². The minimum Gasteiger partial charge on any atom is -0.437 e. The van der Waals surface area contributed by atoms with Gasteiger partial charge in [0.05, 0.1) is 6.20 Å². The van der Waals surface area contributed by atoms with Gasteiger partial charge in [0.1, 0.15) is 11.4 Å². The number of halogens is 2. The number of rotatable bonds is 3. The van der Waals surface area contributed by atoms with Crippen LogP contribution in [0.15, 0.2) is 18.3 Å². The number of aryl methyl sites for hydroxylation is 1. The fourth-order valence-electron chi connectivity index (χ4n) is 1.76. The van der Waals surface area contributed by atoms with E-state index in [0.717, 1.165) is 16.1 Å². The van der Waals surface area contributed by atoms with Gasteiger partial charge in [-0.3, -0.25) is 0 Å². The molecule has 0 spiro atoms. The van der Waals surface area contributed by atoms with Crippen molar-refractivity contribution < 1.29 is 4.74 Å². The summed E-state index contributed by atoms with van der Waals surface area (Å²) in [6.07, 6.45) is 1.42. The fourth-order valence-corrected chi connectivity index (χ4v) is 2.32. The number of aromatic nitrogens is 2. The van der Waals surface area contributed by atoms with Crippen LogP contribution >= 0.6 is 23.2 Å². The number of nitrogens with zero attached hydrogens (tertiary/aromatic N) is 2. The van der Waals surface area contributed by atoms with Gasteiger partial charge in [0.25, 0.3) is 0 Å². The summed E-state index contributed by atoms with van der Waals surface area (Å²) in [4.78, 5) is 7.77. The van der Waals surface area contributed by atoms with Gasteiger partial charge in [-0.05, 0) is 47.7 Å². The van der Waals surface area contributed by atoms with Gasteiger partial charge in [-0.2, -0.15) is 4.98 Å². The summed E-state index contributed by atoms with van der Waals surface area (Å²) in [5.41, 5.74) is 8.01. The maximum atomic E-state index is 6.23. The van der Waals surface area contributed by atoms with Crippen LogP contribution < -0.4 is 10.5 Å². The highest BCUT2D eigenvalue weighted by atomic mass is 35.5. The minimum atomic E-state index is 0.0879. The first-order chi connectivity index (χ1) is 9.38. The predicted molar refractivity (Wildman–Crippen MR) is 81.8 cm³/mol. The van der Waals surface area contributed by atoms with Gasteiger partial charge in [0.15, 0.2) is 0 Å². The summed E-state index contributed by atoms with van der Waals surface area (Å²) >= 11 is 12.0. The van der Waals surface area contributed by atoms with Gasteiger partial charge >= 0.3 is 0 Å². The van der Waals surface area contributed by atoms with E-state index in [1.807, 2.05) is 19.1 Å². The van der Waals surface area contributed by atoms with Crippen molar-refractivity contribution in [2.75, 3.05) is 5.73 Å². The average Bonchev–Trinajstić information content (AvgIpc) is 2.36. The fraction of sp³-hybridized carbons (Fsp3) is 0.286. The van der Waals surface area contributed by atoms with E-state index in [1.165, 1.54) is 6.20 Å². The number of hydrogen-bond donors (Lipinski definition) is 1. The third kappa shape index (κ3) is 3.14. The molecule has 0 aliphatic rings. The van der Waals surface area contributed by atoms with Gasteiger partial charge in [0.2, 0.25) is 11.2 Å². The topological polar surface area (TPSA) is 61.0 Å². The Balaban J connectivity index is 2.43. The molecule has 0 saturated heterocycles. The summed E-state index contributed by atoms with van der Waals surface area (Å²) in [7, 11) is 0. The predicted octanol–water partition coefficient (Wildman–Crippen LogP) is 4.59. The molecule has 6 heteroatoms. The summed E-state index contributed by atoms with van der Waals surface area (Å²) in [5.74, 6) is 1.18. The second kappa shape index (κ2) is 5.85. The van der Waals surface area contributed by atoms with E-state index in [2.05, 4.69) is 23.8 Å². The normalized spacial score (nSPS) is 10.9. The second-order valence-electron chi connectivity index (χ2n) is 4.80. The highest BCUT2D eigenvalue weighted by molar-refractivity contribution is 6.31. The molecule has 0 fully saturated rings. The first-order valence-corrected chi connectivity index (χ1v) is 6.90. The Morgan fingerprint density at radius 2 is 1.95 bits per heavy atom. The molecule has 20 heavy (non-hydrogen) atoms. The maximum absolute atomic E-state index is 6.23. The standard InChI is InChI=1S/C14H15Cl2N3O/c1-7(2)9-5-12(8(3)4-10(9)15)20-13-11(17)6-18-14(16)19-13/h4-7H,17H2,1-3H3. The van der Waals surface area contributed by atoms with Crippen molar-refractivity contribution in [2.24, 2.45) is 0 Å². The Morgan fingerprint density at radius 3 is 2.60 bits per heavy atom. The van der Waals surface area contributed by atoms with E-state index in [-0.39, 0.29) is 17.1 Å². The van der Waals surface area contributed by atoms with Crippen molar-refractivity contribution in [1.29, 1.82) is 0 Å². The van der Waals surface area contributed by atoms with Crippen molar-refractivity contribution >= 4 is 28.9 Å². The van der Waals surface area contributed by atoms with E-state index in [0.29, 0.717) is 11.4 Å².